The zero-order valence-electron chi connectivity index (χ0n) is 17.5. The lowest BCUT2D eigenvalue weighted by Crippen LogP contribution is -2.45. The molecule has 1 amide bonds. The Kier molecular flexibility index (Phi) is 7.44. The maximum atomic E-state index is 12.2. The van der Waals surface area contributed by atoms with Gasteiger partial charge in [0.1, 0.15) is 11.6 Å². The number of benzene rings is 1. The number of carbonyl (C=O) groups is 1. The van der Waals surface area contributed by atoms with Crippen LogP contribution < -0.4 is 10.2 Å². The minimum absolute atomic E-state index is 0.0140. The topological polar surface area (TPSA) is 88.6 Å². The number of hydrogen-bond donors (Lipinski definition) is 1. The van der Waals surface area contributed by atoms with E-state index in [0.29, 0.717) is 18.5 Å². The highest BCUT2D eigenvalue weighted by molar-refractivity contribution is 7.92. The van der Waals surface area contributed by atoms with Crippen molar-refractivity contribution in [2.24, 2.45) is 0 Å². The predicted molar refractivity (Wildman–Crippen MR) is 119 cm³/mol. The molecule has 2 unspecified atom stereocenters. The van der Waals surface area contributed by atoms with Gasteiger partial charge in [0.2, 0.25) is 5.91 Å². The van der Waals surface area contributed by atoms with Crippen molar-refractivity contribution in [2.45, 2.75) is 38.9 Å². The maximum Gasteiger partial charge on any atom is 0.239 e. The molecular weight excluding hydrogens is 402 g/mol. The molecule has 1 fully saturated rings. The fraction of sp³-hybridized carbons (Fsp3) is 0.455. The largest absolute Gasteiger partial charge is 0.372 e. The van der Waals surface area contributed by atoms with Crippen molar-refractivity contribution in [2.75, 3.05) is 34.8 Å². The van der Waals surface area contributed by atoms with Crippen LogP contribution in [-0.2, 0) is 25.8 Å². The number of carbonyl (C=O) groups excluding carboxylic acids is 1. The van der Waals surface area contributed by atoms with Gasteiger partial charge < -0.3 is 15.0 Å². The number of nitrogens with one attached hydrogen (secondary N) is 1. The van der Waals surface area contributed by atoms with E-state index in [1.165, 1.54) is 0 Å². The van der Waals surface area contributed by atoms with E-state index in [-0.39, 0.29) is 18.0 Å². The monoisotopic (exact) mass is 431 g/mol. The molecule has 1 aromatic carbocycles. The second-order valence-corrected chi connectivity index (χ2v) is 9.98. The van der Waals surface area contributed by atoms with Gasteiger partial charge in [-0.3, -0.25) is 4.79 Å². The number of nitrogens with zero attached hydrogens (tertiary/aromatic N) is 2. The number of pyridine rings is 1. The Morgan fingerprint density at radius 1 is 1.13 bits per heavy atom. The summed E-state index contributed by atoms with van der Waals surface area (Å²) in [5, 5.41) is 2.63. The zero-order valence-corrected chi connectivity index (χ0v) is 18.3. The smallest absolute Gasteiger partial charge is 0.239 e. The second-order valence-electron chi connectivity index (χ2n) is 7.80. The molecule has 8 heteroatoms. The van der Waals surface area contributed by atoms with Crippen molar-refractivity contribution in [3.8, 4) is 0 Å². The molecule has 1 aromatic heterocycles. The summed E-state index contributed by atoms with van der Waals surface area (Å²) < 4.78 is 30.2. The molecule has 2 atom stereocenters. The molecule has 162 valence electrons. The molecule has 30 heavy (non-hydrogen) atoms. The van der Waals surface area contributed by atoms with E-state index < -0.39 is 21.5 Å². The van der Waals surface area contributed by atoms with E-state index in [1.807, 2.05) is 50.2 Å². The number of aryl methyl sites for hydroxylation is 1. The minimum Gasteiger partial charge on any atom is -0.372 e. The quantitative estimate of drug-likeness (QED) is 0.691. The summed E-state index contributed by atoms with van der Waals surface area (Å²) in [5.41, 5.74) is 1.57. The third kappa shape index (κ3) is 6.81. The van der Waals surface area contributed by atoms with Gasteiger partial charge in [-0.05, 0) is 44.4 Å². The van der Waals surface area contributed by atoms with Crippen molar-refractivity contribution < 1.29 is 17.9 Å². The third-order valence-corrected chi connectivity index (χ3v) is 6.50. The highest BCUT2D eigenvalue weighted by atomic mass is 32.2. The van der Waals surface area contributed by atoms with Crippen LogP contribution in [0.5, 0.6) is 0 Å². The fourth-order valence-corrected chi connectivity index (χ4v) is 4.82. The normalized spacial score (nSPS) is 19.5. The molecular formula is C22H29N3O4S. The number of morpholine rings is 1. The molecule has 0 radical (unpaired) electrons. The molecule has 2 heterocycles. The van der Waals surface area contributed by atoms with E-state index in [9.17, 15) is 13.2 Å². The molecule has 0 bridgehead atoms. The van der Waals surface area contributed by atoms with Gasteiger partial charge in [0.25, 0.3) is 0 Å². The van der Waals surface area contributed by atoms with Gasteiger partial charge in [-0.25, -0.2) is 13.4 Å². The van der Waals surface area contributed by atoms with Crippen LogP contribution in [0.25, 0.3) is 0 Å². The number of rotatable bonds is 8. The Bertz CT molecular complexity index is 923. The van der Waals surface area contributed by atoms with Crippen LogP contribution in [0, 0.1) is 0 Å². The minimum atomic E-state index is -3.46. The summed E-state index contributed by atoms with van der Waals surface area (Å²) >= 11 is 0. The Balaban J connectivity index is 1.48. The van der Waals surface area contributed by atoms with E-state index >= 15 is 0 Å². The number of anilines is 2. The van der Waals surface area contributed by atoms with Gasteiger partial charge in [-0.15, -0.1) is 0 Å². The van der Waals surface area contributed by atoms with Crippen molar-refractivity contribution in [3.05, 3.63) is 54.2 Å². The molecule has 1 aliphatic rings. The van der Waals surface area contributed by atoms with Crippen molar-refractivity contribution >= 4 is 27.2 Å². The first-order chi connectivity index (χ1) is 14.3. The van der Waals surface area contributed by atoms with Crippen LogP contribution in [0.2, 0.25) is 0 Å². The Hall–Kier alpha value is -2.45. The number of ether oxygens (including phenoxy) is 1. The van der Waals surface area contributed by atoms with E-state index in [4.69, 9.17) is 4.74 Å². The van der Waals surface area contributed by atoms with Gasteiger partial charge in [0, 0.05) is 13.1 Å². The molecule has 3 rings (SSSR count). The number of sulfone groups is 1. The van der Waals surface area contributed by atoms with E-state index in [2.05, 4.69) is 15.2 Å². The molecule has 1 N–H and O–H groups in total. The lowest BCUT2D eigenvalue weighted by molar-refractivity contribution is -0.113. The van der Waals surface area contributed by atoms with E-state index in [0.717, 1.165) is 24.5 Å². The van der Waals surface area contributed by atoms with Crippen LogP contribution in [-0.4, -0.2) is 56.1 Å². The lowest BCUT2D eigenvalue weighted by atomic mass is 10.1. The van der Waals surface area contributed by atoms with Crippen LogP contribution in [0.3, 0.4) is 0 Å². The van der Waals surface area contributed by atoms with Gasteiger partial charge in [0.15, 0.2) is 9.84 Å². The van der Waals surface area contributed by atoms with Crippen molar-refractivity contribution in [1.29, 1.82) is 0 Å². The predicted octanol–water partition coefficient (Wildman–Crippen LogP) is 2.68. The summed E-state index contributed by atoms with van der Waals surface area (Å²) in [6, 6.07) is 13.3. The number of aromatic nitrogens is 1. The van der Waals surface area contributed by atoms with Gasteiger partial charge in [-0.1, -0.05) is 30.3 Å². The second kappa shape index (κ2) is 10.0. The molecule has 0 saturated carbocycles. The van der Waals surface area contributed by atoms with Crippen LogP contribution in [0.1, 0.15) is 25.8 Å². The summed E-state index contributed by atoms with van der Waals surface area (Å²) in [5.74, 6) is -0.275. The molecule has 0 aliphatic carbocycles. The zero-order chi connectivity index (χ0) is 21.6. The lowest BCUT2D eigenvalue weighted by Gasteiger charge is -2.36. The van der Waals surface area contributed by atoms with Gasteiger partial charge >= 0.3 is 0 Å². The highest BCUT2D eigenvalue weighted by Gasteiger charge is 2.23. The fourth-order valence-electron chi connectivity index (χ4n) is 3.62. The molecule has 7 nitrogen and oxygen atoms in total. The average molecular weight is 432 g/mol. The average Bonchev–Trinajstić information content (AvgIpc) is 2.68. The summed E-state index contributed by atoms with van der Waals surface area (Å²) in [6.45, 7) is 5.56. The molecule has 1 aliphatic heterocycles. The first-order valence-corrected chi connectivity index (χ1v) is 12.0. The van der Waals surface area contributed by atoms with Crippen molar-refractivity contribution in [1.82, 2.24) is 4.98 Å². The number of amides is 1. The summed E-state index contributed by atoms with van der Waals surface area (Å²) in [4.78, 5) is 18.7. The maximum absolute atomic E-state index is 12.2. The molecule has 1 saturated heterocycles. The van der Waals surface area contributed by atoms with Crippen molar-refractivity contribution in [3.63, 3.8) is 0 Å². The van der Waals surface area contributed by atoms with E-state index in [1.54, 1.807) is 12.3 Å². The highest BCUT2D eigenvalue weighted by Crippen LogP contribution is 2.19. The summed E-state index contributed by atoms with van der Waals surface area (Å²) in [7, 11) is -3.46. The first kappa shape index (κ1) is 22.2. The Morgan fingerprint density at radius 3 is 2.47 bits per heavy atom. The SMILES string of the molecule is CC1CN(c2ccc(NC(=O)CS(=O)(=O)CCCc3ccccc3)cn2)CC(C)O1. The standard InChI is InChI=1S/C22H29N3O4S/c1-17-14-25(15-18(2)29-17)21-11-10-20(13-23-21)24-22(26)16-30(27,28)12-6-9-19-7-4-3-5-8-19/h3-5,7-8,10-11,13,17-18H,6,9,12,14-16H2,1-2H3,(H,24,26). The van der Waals surface area contributed by atoms with Crippen LogP contribution in [0.4, 0.5) is 11.5 Å². The van der Waals surface area contributed by atoms with Gasteiger partial charge in [-0.2, -0.15) is 0 Å². The Morgan fingerprint density at radius 2 is 1.83 bits per heavy atom. The van der Waals surface area contributed by atoms with Crippen LogP contribution in [0.15, 0.2) is 48.7 Å². The van der Waals surface area contributed by atoms with Crippen LogP contribution >= 0.6 is 0 Å². The molecule has 0 spiro atoms. The first-order valence-electron chi connectivity index (χ1n) is 10.2. The summed E-state index contributed by atoms with van der Waals surface area (Å²) in [6.07, 6.45) is 2.97. The Labute approximate surface area is 178 Å². The molecule has 2 aromatic rings. The third-order valence-electron chi connectivity index (χ3n) is 4.89. The number of hydrogen-bond acceptors (Lipinski definition) is 6. The van der Waals surface area contributed by atoms with Gasteiger partial charge in [0.05, 0.1) is 29.8 Å².